The van der Waals surface area contributed by atoms with Crippen LogP contribution < -0.4 is 0 Å². The van der Waals surface area contributed by atoms with Gasteiger partial charge in [-0.2, -0.15) is 0 Å². The van der Waals surface area contributed by atoms with E-state index < -0.39 is 5.92 Å². The van der Waals surface area contributed by atoms with Gasteiger partial charge in [-0.3, -0.25) is 4.79 Å². The lowest BCUT2D eigenvalue weighted by Crippen LogP contribution is -2.58. The van der Waals surface area contributed by atoms with E-state index in [0.29, 0.717) is 18.0 Å². The van der Waals surface area contributed by atoms with Gasteiger partial charge in [-0.05, 0) is 17.0 Å². The summed E-state index contributed by atoms with van der Waals surface area (Å²) in [6, 6.07) is 19.6. The minimum absolute atomic E-state index is 0.0442. The number of carbonyl (C=O) groups is 1. The number of hydrogen-bond acceptors (Lipinski definition) is 3. The van der Waals surface area contributed by atoms with E-state index in [1.807, 2.05) is 30.3 Å². The standard InChI is InChI=1S/C27H36NO3/c1-19(2)21-11-9-20(10-12-21)17-28(3)23-13-14-24(28)16-25(15-23)31-27(30)26(18-29)22-7-5-4-6-8-22/h4-12,19,23-26,29H,13-18H2,1-3H3/q+1. The molecule has 2 heterocycles. The fraction of sp³-hybridized carbons (Fsp3) is 0.519. The van der Waals surface area contributed by atoms with Crippen LogP contribution in [0.3, 0.4) is 0 Å². The number of hydrogen-bond donors (Lipinski definition) is 1. The van der Waals surface area contributed by atoms with Gasteiger partial charge >= 0.3 is 5.97 Å². The lowest BCUT2D eigenvalue weighted by Gasteiger charge is -2.47. The van der Waals surface area contributed by atoms with Crippen molar-refractivity contribution in [2.24, 2.45) is 0 Å². The van der Waals surface area contributed by atoms with Crippen molar-refractivity contribution in [3.63, 3.8) is 0 Å². The molecule has 31 heavy (non-hydrogen) atoms. The number of esters is 1. The van der Waals surface area contributed by atoms with E-state index >= 15 is 0 Å². The summed E-state index contributed by atoms with van der Waals surface area (Å²) < 4.78 is 7.01. The fourth-order valence-corrected chi connectivity index (χ4v) is 5.70. The third-order valence-corrected chi connectivity index (χ3v) is 7.69. The highest BCUT2D eigenvalue weighted by Crippen LogP contribution is 2.43. The Hall–Kier alpha value is -2.17. The van der Waals surface area contributed by atoms with Crippen LogP contribution in [-0.4, -0.2) is 47.4 Å². The summed E-state index contributed by atoms with van der Waals surface area (Å²) in [4.78, 5) is 12.8. The molecule has 2 aromatic rings. The molecule has 2 fully saturated rings. The average molecular weight is 423 g/mol. The zero-order valence-corrected chi connectivity index (χ0v) is 19.0. The molecule has 2 aliphatic rings. The molecule has 0 radical (unpaired) electrons. The molecule has 0 amide bonds. The molecule has 166 valence electrons. The van der Waals surface area contributed by atoms with Crippen molar-refractivity contribution >= 4 is 5.97 Å². The Bertz CT molecular complexity index is 863. The summed E-state index contributed by atoms with van der Waals surface area (Å²) in [6.45, 7) is 5.28. The van der Waals surface area contributed by atoms with E-state index in [2.05, 4.69) is 45.2 Å². The number of nitrogens with zero attached hydrogens (tertiary/aromatic N) is 1. The van der Waals surface area contributed by atoms with Crippen LogP contribution >= 0.6 is 0 Å². The molecular weight excluding hydrogens is 386 g/mol. The maximum atomic E-state index is 12.8. The van der Waals surface area contributed by atoms with Crippen molar-refractivity contribution in [2.75, 3.05) is 13.7 Å². The van der Waals surface area contributed by atoms with Gasteiger partial charge in [-0.15, -0.1) is 0 Å². The molecule has 0 spiro atoms. The number of piperidine rings is 1. The van der Waals surface area contributed by atoms with Gasteiger partial charge in [-0.1, -0.05) is 68.4 Å². The Morgan fingerprint density at radius 1 is 1.00 bits per heavy atom. The Kier molecular flexibility index (Phi) is 6.49. The second-order valence-corrected chi connectivity index (χ2v) is 9.96. The normalized spacial score (nSPS) is 28.5. The number of ether oxygens (including phenoxy) is 1. The van der Waals surface area contributed by atoms with Gasteiger partial charge in [0.1, 0.15) is 18.6 Å². The van der Waals surface area contributed by atoms with Crippen molar-refractivity contribution in [2.45, 2.75) is 76.1 Å². The van der Waals surface area contributed by atoms with E-state index in [4.69, 9.17) is 4.74 Å². The van der Waals surface area contributed by atoms with E-state index in [-0.39, 0.29) is 18.7 Å². The first-order valence-corrected chi connectivity index (χ1v) is 11.7. The average Bonchev–Trinajstić information content (AvgIpc) is 2.92. The van der Waals surface area contributed by atoms with Gasteiger partial charge in [0, 0.05) is 31.2 Å². The predicted molar refractivity (Wildman–Crippen MR) is 123 cm³/mol. The molecule has 1 N–H and O–H groups in total. The zero-order chi connectivity index (χ0) is 22.0. The molecule has 0 aliphatic carbocycles. The summed E-state index contributed by atoms with van der Waals surface area (Å²) in [5.41, 5.74) is 3.60. The fourth-order valence-electron chi connectivity index (χ4n) is 5.70. The van der Waals surface area contributed by atoms with Crippen molar-refractivity contribution < 1.29 is 19.1 Å². The number of fused-ring (bicyclic) bond motifs is 2. The molecule has 2 aromatic carbocycles. The maximum Gasteiger partial charge on any atom is 0.316 e. The minimum atomic E-state index is -0.596. The predicted octanol–water partition coefficient (Wildman–Crippen LogP) is 4.77. The number of aliphatic hydroxyl groups is 1. The molecule has 2 saturated heterocycles. The smallest absolute Gasteiger partial charge is 0.316 e. The Balaban J connectivity index is 1.41. The van der Waals surface area contributed by atoms with Crippen LogP contribution in [0, 0.1) is 0 Å². The second-order valence-electron chi connectivity index (χ2n) is 9.96. The molecule has 0 aromatic heterocycles. The van der Waals surface area contributed by atoms with Crippen molar-refractivity contribution in [1.82, 2.24) is 0 Å². The highest BCUT2D eigenvalue weighted by molar-refractivity contribution is 5.78. The topological polar surface area (TPSA) is 46.5 Å². The maximum absolute atomic E-state index is 12.8. The van der Waals surface area contributed by atoms with Crippen molar-refractivity contribution in [1.29, 1.82) is 0 Å². The van der Waals surface area contributed by atoms with Crippen LogP contribution in [0.25, 0.3) is 0 Å². The number of benzene rings is 2. The molecule has 3 unspecified atom stereocenters. The van der Waals surface area contributed by atoms with Crippen LogP contribution in [0.5, 0.6) is 0 Å². The third-order valence-electron chi connectivity index (χ3n) is 7.69. The van der Waals surface area contributed by atoms with E-state index in [1.54, 1.807) is 0 Å². The Labute approximate surface area is 186 Å². The molecule has 2 aliphatic heterocycles. The van der Waals surface area contributed by atoms with E-state index in [1.165, 1.54) is 24.0 Å². The largest absolute Gasteiger partial charge is 0.461 e. The summed E-state index contributed by atoms with van der Waals surface area (Å²) in [6.07, 6.45) is 4.17. The highest BCUT2D eigenvalue weighted by Gasteiger charge is 2.52. The number of rotatable bonds is 7. The van der Waals surface area contributed by atoms with Gasteiger partial charge in [0.05, 0.1) is 25.7 Å². The number of aliphatic hydroxyl groups excluding tert-OH is 1. The quantitative estimate of drug-likeness (QED) is 0.516. The van der Waals surface area contributed by atoms with Gasteiger partial charge in [-0.25, -0.2) is 0 Å². The molecular formula is C27H36NO3+. The van der Waals surface area contributed by atoms with Crippen LogP contribution in [-0.2, 0) is 16.1 Å². The molecule has 4 nitrogen and oxygen atoms in total. The number of carbonyl (C=O) groups excluding carboxylic acids is 1. The first-order chi connectivity index (χ1) is 14.9. The van der Waals surface area contributed by atoms with Crippen molar-refractivity contribution in [3.05, 3.63) is 71.3 Å². The first-order valence-electron chi connectivity index (χ1n) is 11.7. The van der Waals surface area contributed by atoms with Crippen molar-refractivity contribution in [3.8, 4) is 0 Å². The van der Waals surface area contributed by atoms with E-state index in [0.717, 1.165) is 29.4 Å². The first kappa shape index (κ1) is 22.0. The van der Waals surface area contributed by atoms with Gasteiger partial charge in [0.2, 0.25) is 0 Å². The Morgan fingerprint density at radius 2 is 1.61 bits per heavy atom. The lowest BCUT2D eigenvalue weighted by molar-refractivity contribution is -0.961. The minimum Gasteiger partial charge on any atom is -0.461 e. The van der Waals surface area contributed by atoms with E-state index in [9.17, 15) is 9.90 Å². The SMILES string of the molecule is CC(C)c1ccc(C[N+]2(C)C3CCC2CC(OC(=O)C(CO)c2ccccc2)C3)cc1. The van der Waals surface area contributed by atoms with Gasteiger partial charge in [0.25, 0.3) is 0 Å². The lowest BCUT2D eigenvalue weighted by atomic mass is 9.94. The third kappa shape index (κ3) is 4.56. The summed E-state index contributed by atoms with van der Waals surface area (Å²) in [5.74, 6) is -0.335. The van der Waals surface area contributed by atoms with Crippen LogP contribution in [0.2, 0.25) is 0 Å². The molecule has 0 saturated carbocycles. The summed E-state index contributed by atoms with van der Waals surface area (Å²) >= 11 is 0. The van der Waals surface area contributed by atoms with Crippen LogP contribution in [0.1, 0.15) is 68.1 Å². The highest BCUT2D eigenvalue weighted by atomic mass is 16.5. The molecule has 4 rings (SSSR count). The molecule has 2 bridgehead atoms. The second kappa shape index (κ2) is 9.13. The monoisotopic (exact) mass is 422 g/mol. The summed E-state index contributed by atoms with van der Waals surface area (Å²) in [7, 11) is 2.39. The molecule has 4 heteroatoms. The molecule has 3 atom stereocenters. The van der Waals surface area contributed by atoms with Crippen LogP contribution in [0.15, 0.2) is 54.6 Å². The van der Waals surface area contributed by atoms with Crippen LogP contribution in [0.4, 0.5) is 0 Å². The zero-order valence-electron chi connectivity index (χ0n) is 19.0. The number of quaternary nitrogens is 1. The summed E-state index contributed by atoms with van der Waals surface area (Å²) in [5, 5.41) is 9.79. The Morgan fingerprint density at radius 3 is 2.16 bits per heavy atom. The van der Waals surface area contributed by atoms with Gasteiger partial charge in [0.15, 0.2) is 0 Å². The van der Waals surface area contributed by atoms with Gasteiger partial charge < -0.3 is 14.3 Å².